The van der Waals surface area contributed by atoms with Crippen LogP contribution < -0.4 is 16.0 Å². The van der Waals surface area contributed by atoms with Crippen LogP contribution in [0.1, 0.15) is 5.56 Å². The van der Waals surface area contributed by atoms with Crippen LogP contribution in [0.4, 0.5) is 24.5 Å². The van der Waals surface area contributed by atoms with E-state index in [4.69, 9.17) is 4.42 Å². The fourth-order valence-corrected chi connectivity index (χ4v) is 3.26. The zero-order valence-electron chi connectivity index (χ0n) is 15.9. The Morgan fingerprint density at radius 1 is 1.10 bits per heavy atom. The van der Waals surface area contributed by atoms with Gasteiger partial charge in [-0.05, 0) is 24.3 Å². The predicted octanol–water partition coefficient (Wildman–Crippen LogP) is 1.82. The fraction of sp³-hybridized carbons (Fsp3) is 0.263. The molecule has 9 nitrogen and oxygen atoms in total. The molecule has 1 aromatic carbocycles. The maximum atomic E-state index is 12.7. The highest BCUT2D eigenvalue weighted by Gasteiger charge is 2.31. The molecule has 0 bridgehead atoms. The lowest BCUT2D eigenvalue weighted by Crippen LogP contribution is -2.51. The number of amides is 2. The van der Waals surface area contributed by atoms with Crippen LogP contribution in [0.15, 0.2) is 45.7 Å². The van der Waals surface area contributed by atoms with Crippen LogP contribution in [0.25, 0.3) is 11.2 Å². The van der Waals surface area contributed by atoms with Gasteiger partial charge in [-0.15, -0.1) is 0 Å². The molecule has 0 saturated carbocycles. The Hall–Kier alpha value is -3.83. The first-order chi connectivity index (χ1) is 14.7. The molecule has 0 unspecified atom stereocenters. The molecule has 0 atom stereocenters. The smallest absolute Gasteiger partial charge is 0.406 e. The summed E-state index contributed by atoms with van der Waals surface area (Å²) in [5, 5.41) is 2.41. The third kappa shape index (κ3) is 4.37. The van der Waals surface area contributed by atoms with E-state index in [-0.39, 0.29) is 30.0 Å². The molecule has 1 aliphatic rings. The van der Waals surface area contributed by atoms with Gasteiger partial charge in [0.25, 0.3) is 0 Å². The van der Waals surface area contributed by atoms with Gasteiger partial charge in [0, 0.05) is 37.9 Å². The first-order valence-electron chi connectivity index (χ1n) is 9.22. The van der Waals surface area contributed by atoms with Crippen molar-refractivity contribution in [2.75, 3.05) is 36.4 Å². The summed E-state index contributed by atoms with van der Waals surface area (Å²) in [5.74, 6) is -2.31. The van der Waals surface area contributed by atoms with Crippen molar-refractivity contribution in [2.45, 2.75) is 6.18 Å². The summed E-state index contributed by atoms with van der Waals surface area (Å²) in [5.41, 5.74) is 0.427. The molecule has 1 saturated heterocycles. The van der Waals surface area contributed by atoms with Gasteiger partial charge >= 0.3 is 23.7 Å². The average molecular weight is 435 g/mol. The zero-order chi connectivity index (χ0) is 22.2. The average Bonchev–Trinajstić information content (AvgIpc) is 3.12. The summed E-state index contributed by atoms with van der Waals surface area (Å²) in [6, 6.07) is 6.16. The lowest BCUT2D eigenvalue weighted by Gasteiger charge is -2.35. The Kier molecular flexibility index (Phi) is 5.13. The summed E-state index contributed by atoms with van der Waals surface area (Å²) in [7, 11) is 0. The minimum absolute atomic E-state index is 0.139. The number of hydrogen-bond donors (Lipinski definition) is 2. The van der Waals surface area contributed by atoms with Crippen molar-refractivity contribution < 1.29 is 27.2 Å². The van der Waals surface area contributed by atoms with Gasteiger partial charge in [-0.3, -0.25) is 14.6 Å². The third-order valence-electron chi connectivity index (χ3n) is 4.85. The monoisotopic (exact) mass is 435 g/mol. The van der Waals surface area contributed by atoms with Gasteiger partial charge in [-0.2, -0.15) is 13.2 Å². The number of carbonyl (C=O) groups is 2. The second-order valence-electron chi connectivity index (χ2n) is 6.86. The van der Waals surface area contributed by atoms with Crippen LogP contribution in [-0.4, -0.2) is 52.9 Å². The number of nitrogens with zero attached hydrogens (tertiary/aromatic N) is 3. The highest BCUT2D eigenvalue weighted by molar-refractivity contribution is 6.39. The molecule has 12 heteroatoms. The number of nitrogens with one attached hydrogen (secondary N) is 2. The van der Waals surface area contributed by atoms with E-state index in [2.05, 4.69) is 15.3 Å². The zero-order valence-corrected chi connectivity index (χ0v) is 15.9. The molecule has 0 spiro atoms. The van der Waals surface area contributed by atoms with E-state index in [0.717, 1.165) is 12.1 Å². The summed E-state index contributed by atoms with van der Waals surface area (Å²) >= 11 is 0. The number of benzene rings is 1. The number of aromatic nitrogens is 2. The normalized spacial score (nSPS) is 14.7. The second-order valence-corrected chi connectivity index (χ2v) is 6.86. The molecule has 2 aromatic heterocycles. The lowest BCUT2D eigenvalue weighted by molar-refractivity contribution is -0.143. The Labute approximate surface area is 172 Å². The van der Waals surface area contributed by atoms with E-state index >= 15 is 0 Å². The number of pyridine rings is 1. The first-order valence-corrected chi connectivity index (χ1v) is 9.22. The number of rotatable bonds is 2. The Bertz CT molecular complexity index is 1180. The molecule has 31 heavy (non-hydrogen) atoms. The number of fused-ring (bicyclic) bond motifs is 1. The molecule has 2 amide bonds. The highest BCUT2D eigenvalue weighted by atomic mass is 19.4. The van der Waals surface area contributed by atoms with Gasteiger partial charge in [0.1, 0.15) is 0 Å². The van der Waals surface area contributed by atoms with E-state index in [1.807, 2.05) is 4.90 Å². The number of carbonyl (C=O) groups excluding carboxylic acids is 2. The standard InChI is InChI=1S/C19H16F3N5O4/c20-19(21,22)11-1-3-13(4-2-11)26-5-7-27(8-6-26)17(29)16(28)24-12-9-14-15(23-10-12)25-18(30)31-14/h1-4,9-10H,5-8H2,(H,24,28)(H,23,25,30). The minimum atomic E-state index is -4.40. The molecular weight excluding hydrogens is 419 g/mol. The van der Waals surface area contributed by atoms with Gasteiger partial charge in [0.15, 0.2) is 11.2 Å². The number of halogens is 3. The number of hydrogen-bond acceptors (Lipinski definition) is 6. The number of aromatic amines is 1. The maximum Gasteiger partial charge on any atom is 0.418 e. The predicted molar refractivity (Wildman–Crippen MR) is 103 cm³/mol. The van der Waals surface area contributed by atoms with Gasteiger partial charge in [-0.25, -0.2) is 9.78 Å². The number of H-pyrrole nitrogens is 1. The third-order valence-corrected chi connectivity index (χ3v) is 4.85. The Balaban J connectivity index is 1.34. The number of piperazine rings is 1. The van der Waals surface area contributed by atoms with Gasteiger partial charge in [0.2, 0.25) is 0 Å². The lowest BCUT2D eigenvalue weighted by atomic mass is 10.1. The van der Waals surface area contributed by atoms with Crippen molar-refractivity contribution in [2.24, 2.45) is 0 Å². The van der Waals surface area contributed by atoms with Crippen LogP contribution >= 0.6 is 0 Å². The van der Waals surface area contributed by atoms with Crippen molar-refractivity contribution in [1.82, 2.24) is 14.9 Å². The van der Waals surface area contributed by atoms with E-state index in [1.54, 1.807) is 0 Å². The van der Waals surface area contributed by atoms with Crippen LogP contribution in [-0.2, 0) is 15.8 Å². The number of oxazole rings is 1. The van der Waals surface area contributed by atoms with Crippen molar-refractivity contribution in [1.29, 1.82) is 0 Å². The van der Waals surface area contributed by atoms with Gasteiger partial charge in [-0.1, -0.05) is 0 Å². The second kappa shape index (κ2) is 7.78. The van der Waals surface area contributed by atoms with Crippen molar-refractivity contribution in [3.8, 4) is 0 Å². The molecule has 4 rings (SSSR count). The van der Waals surface area contributed by atoms with Crippen molar-refractivity contribution >= 4 is 34.4 Å². The van der Waals surface area contributed by atoms with E-state index in [1.165, 1.54) is 29.3 Å². The summed E-state index contributed by atoms with van der Waals surface area (Å²) in [4.78, 5) is 45.4. The molecule has 1 aliphatic heterocycles. The molecule has 3 heterocycles. The van der Waals surface area contributed by atoms with Crippen LogP contribution in [0.3, 0.4) is 0 Å². The molecular formula is C19H16F3N5O4. The van der Waals surface area contributed by atoms with Crippen molar-refractivity contribution in [3.05, 3.63) is 52.6 Å². The van der Waals surface area contributed by atoms with E-state index in [9.17, 15) is 27.6 Å². The summed E-state index contributed by atoms with van der Waals surface area (Å²) in [6.45, 7) is 1.20. The quantitative estimate of drug-likeness (QED) is 0.594. The topological polar surface area (TPSA) is 112 Å². The Morgan fingerprint density at radius 3 is 2.42 bits per heavy atom. The van der Waals surface area contributed by atoms with Crippen molar-refractivity contribution in [3.63, 3.8) is 0 Å². The highest BCUT2D eigenvalue weighted by Crippen LogP contribution is 2.30. The molecule has 2 N–H and O–H groups in total. The SMILES string of the molecule is O=C(Nc1cnc2[nH]c(=O)oc2c1)C(=O)N1CCN(c2ccc(C(F)(F)F)cc2)CC1. The largest absolute Gasteiger partial charge is 0.418 e. The van der Waals surface area contributed by atoms with Crippen LogP contribution in [0.2, 0.25) is 0 Å². The first kappa shape index (κ1) is 20.4. The maximum absolute atomic E-state index is 12.7. The number of alkyl halides is 3. The molecule has 3 aromatic rings. The Morgan fingerprint density at radius 2 is 1.77 bits per heavy atom. The molecule has 1 fully saturated rings. The molecule has 162 valence electrons. The fourth-order valence-electron chi connectivity index (χ4n) is 3.26. The van der Waals surface area contributed by atoms with Gasteiger partial charge < -0.3 is 19.5 Å². The molecule has 0 radical (unpaired) electrons. The van der Waals surface area contributed by atoms with Crippen LogP contribution in [0.5, 0.6) is 0 Å². The number of anilines is 2. The summed E-state index contributed by atoms with van der Waals surface area (Å²) < 4.78 is 42.9. The van der Waals surface area contributed by atoms with Gasteiger partial charge in [0.05, 0.1) is 17.4 Å². The minimum Gasteiger partial charge on any atom is -0.406 e. The van der Waals surface area contributed by atoms with E-state index in [0.29, 0.717) is 18.8 Å². The van der Waals surface area contributed by atoms with Crippen LogP contribution in [0, 0.1) is 0 Å². The van der Waals surface area contributed by atoms with E-state index < -0.39 is 29.3 Å². The summed E-state index contributed by atoms with van der Waals surface area (Å²) in [6.07, 6.45) is -3.12. The molecule has 0 aliphatic carbocycles.